The molecule has 2 bridgehead atoms. The Bertz CT molecular complexity index is 690. The van der Waals surface area contributed by atoms with Crippen molar-refractivity contribution in [3.05, 3.63) is 35.9 Å². The van der Waals surface area contributed by atoms with Crippen LogP contribution in [0.15, 0.2) is 30.3 Å². The zero-order chi connectivity index (χ0) is 16.9. The summed E-state index contributed by atoms with van der Waals surface area (Å²) in [5.74, 6) is 1.83. The van der Waals surface area contributed by atoms with Crippen LogP contribution in [0.4, 0.5) is 0 Å². The van der Waals surface area contributed by atoms with Crippen LogP contribution < -0.4 is 4.74 Å². The van der Waals surface area contributed by atoms with E-state index in [4.69, 9.17) is 4.74 Å². The van der Waals surface area contributed by atoms with Gasteiger partial charge in [-0.1, -0.05) is 31.1 Å². The van der Waals surface area contributed by atoms with Crippen LogP contribution in [0.2, 0.25) is 0 Å². The van der Waals surface area contributed by atoms with Crippen molar-refractivity contribution in [3.63, 3.8) is 0 Å². The maximum Gasteiger partial charge on any atom is 0.145 e. The number of hydrogen-bond acceptors (Lipinski definition) is 3. The van der Waals surface area contributed by atoms with Gasteiger partial charge in [-0.25, -0.2) is 0 Å². The van der Waals surface area contributed by atoms with Crippen molar-refractivity contribution >= 4 is 11.4 Å². The van der Waals surface area contributed by atoms with E-state index < -0.39 is 0 Å². The summed E-state index contributed by atoms with van der Waals surface area (Å²) in [6.07, 6.45) is 7.65. The van der Waals surface area contributed by atoms with Gasteiger partial charge in [0.15, 0.2) is 0 Å². The fraction of sp³-hybridized carbons (Fsp3) is 0.571. The molecule has 0 amide bonds. The molecule has 4 rings (SSSR count). The van der Waals surface area contributed by atoms with Gasteiger partial charge in [-0.2, -0.15) is 0 Å². The second kappa shape index (κ2) is 5.45. The van der Waals surface area contributed by atoms with Crippen LogP contribution in [-0.4, -0.2) is 36.9 Å². The third-order valence-electron chi connectivity index (χ3n) is 6.62. The first-order chi connectivity index (χ1) is 11.5. The van der Waals surface area contributed by atoms with E-state index >= 15 is 0 Å². The number of rotatable bonds is 4. The maximum absolute atomic E-state index is 12.9. The predicted molar refractivity (Wildman–Crippen MR) is 96.0 cm³/mol. The van der Waals surface area contributed by atoms with Crippen LogP contribution in [-0.2, 0) is 4.79 Å². The average molecular weight is 325 g/mol. The highest BCUT2D eigenvalue weighted by Gasteiger charge is 2.68. The summed E-state index contributed by atoms with van der Waals surface area (Å²) in [6.45, 7) is 2.69. The molecule has 3 atom stereocenters. The van der Waals surface area contributed by atoms with Gasteiger partial charge in [0.1, 0.15) is 11.5 Å². The summed E-state index contributed by atoms with van der Waals surface area (Å²) in [4.78, 5) is 15.2. The molecule has 3 nitrogen and oxygen atoms in total. The Balaban J connectivity index is 1.81. The van der Waals surface area contributed by atoms with Crippen molar-refractivity contribution in [2.24, 2.45) is 11.3 Å². The molecule has 1 aromatic carbocycles. The lowest BCUT2D eigenvalue weighted by molar-refractivity contribution is -0.125. The Labute approximate surface area is 144 Å². The van der Waals surface area contributed by atoms with E-state index in [1.54, 1.807) is 0 Å². The summed E-state index contributed by atoms with van der Waals surface area (Å²) in [6, 6.07) is 8.43. The normalized spacial score (nSPS) is 34.4. The monoisotopic (exact) mass is 325 g/mol. The Morgan fingerprint density at radius 2 is 1.96 bits per heavy atom. The van der Waals surface area contributed by atoms with E-state index in [0.29, 0.717) is 24.7 Å². The van der Waals surface area contributed by atoms with Crippen LogP contribution in [0.3, 0.4) is 0 Å². The topological polar surface area (TPSA) is 29.5 Å². The number of ketones is 1. The zero-order valence-electron chi connectivity index (χ0n) is 15.0. The number of carbonyl (C=O) groups is 1. The molecular formula is C21H27NO2. The molecule has 3 aliphatic rings. The minimum atomic E-state index is -0.198. The van der Waals surface area contributed by atoms with Gasteiger partial charge in [0.2, 0.25) is 0 Å². The van der Waals surface area contributed by atoms with Crippen molar-refractivity contribution < 1.29 is 9.53 Å². The van der Waals surface area contributed by atoms with Gasteiger partial charge in [-0.15, -0.1) is 0 Å². The van der Waals surface area contributed by atoms with Gasteiger partial charge in [0.25, 0.3) is 0 Å². The van der Waals surface area contributed by atoms with E-state index in [9.17, 15) is 4.79 Å². The SMILES string of the molecule is CCOc1ccc(C2=C[C@@]34CCCC[C@@H]3[C@]2(N(C)C)CC4=O)cc1. The molecule has 0 aliphatic heterocycles. The minimum Gasteiger partial charge on any atom is -0.494 e. The lowest BCUT2D eigenvalue weighted by Crippen LogP contribution is -2.48. The van der Waals surface area contributed by atoms with E-state index in [1.165, 1.54) is 30.4 Å². The highest BCUT2D eigenvalue weighted by molar-refractivity contribution is 6.01. The first-order valence-electron chi connectivity index (χ1n) is 9.22. The van der Waals surface area contributed by atoms with Crippen molar-refractivity contribution in [1.29, 1.82) is 0 Å². The number of Topliss-reactive ketones (excluding diaryl/α,β-unsaturated/α-hetero) is 1. The Morgan fingerprint density at radius 1 is 1.21 bits per heavy atom. The van der Waals surface area contributed by atoms with Gasteiger partial charge in [0, 0.05) is 6.42 Å². The fourth-order valence-corrected chi connectivity index (χ4v) is 5.59. The molecule has 3 heteroatoms. The largest absolute Gasteiger partial charge is 0.494 e. The van der Waals surface area contributed by atoms with Crippen LogP contribution >= 0.6 is 0 Å². The molecule has 3 aliphatic carbocycles. The summed E-state index contributed by atoms with van der Waals surface area (Å²) in [5.41, 5.74) is 2.29. The molecule has 0 radical (unpaired) electrons. The summed E-state index contributed by atoms with van der Waals surface area (Å²) in [5, 5.41) is 0. The molecule has 0 N–H and O–H groups in total. The van der Waals surface area contributed by atoms with Gasteiger partial charge in [0.05, 0.1) is 17.6 Å². The van der Waals surface area contributed by atoms with Crippen molar-refractivity contribution in [3.8, 4) is 5.75 Å². The summed E-state index contributed by atoms with van der Waals surface area (Å²) < 4.78 is 5.58. The van der Waals surface area contributed by atoms with Crippen LogP contribution in [0.25, 0.3) is 5.57 Å². The number of ether oxygens (including phenoxy) is 1. The number of hydrogen-bond donors (Lipinski definition) is 0. The smallest absolute Gasteiger partial charge is 0.145 e. The number of nitrogens with zero attached hydrogens (tertiary/aromatic N) is 1. The zero-order valence-corrected chi connectivity index (χ0v) is 15.0. The Morgan fingerprint density at radius 3 is 2.62 bits per heavy atom. The summed E-state index contributed by atoms with van der Waals surface area (Å²) in [7, 11) is 4.29. The summed E-state index contributed by atoms with van der Waals surface area (Å²) >= 11 is 0. The molecule has 0 unspecified atom stereocenters. The van der Waals surface area contributed by atoms with Gasteiger partial charge < -0.3 is 4.74 Å². The van der Waals surface area contributed by atoms with Crippen molar-refractivity contribution in [1.82, 2.24) is 4.90 Å². The highest BCUT2D eigenvalue weighted by Crippen LogP contribution is 2.66. The van der Waals surface area contributed by atoms with E-state index in [-0.39, 0.29) is 11.0 Å². The quantitative estimate of drug-likeness (QED) is 0.840. The van der Waals surface area contributed by atoms with Crippen molar-refractivity contribution in [2.45, 2.75) is 44.6 Å². The molecule has 128 valence electrons. The van der Waals surface area contributed by atoms with Gasteiger partial charge in [-0.3, -0.25) is 9.69 Å². The standard InChI is InChI=1S/C21H27NO2/c1-4-24-16-10-8-15(9-11-16)17-13-20-12-6-5-7-18(20)21(17,22(2)3)14-19(20)23/h8-11,13,18H,4-7,12,14H2,1-3H3/t18-,20-,21-/m0/s1. The third-order valence-corrected chi connectivity index (χ3v) is 6.62. The highest BCUT2D eigenvalue weighted by atomic mass is 16.5. The molecule has 24 heavy (non-hydrogen) atoms. The minimum absolute atomic E-state index is 0.120. The van der Waals surface area contributed by atoms with Crippen molar-refractivity contribution in [2.75, 3.05) is 20.7 Å². The predicted octanol–water partition coefficient (Wildman–Crippen LogP) is 3.93. The second-order valence-electron chi connectivity index (χ2n) is 7.77. The lowest BCUT2D eigenvalue weighted by Gasteiger charge is -2.43. The first-order valence-corrected chi connectivity index (χ1v) is 9.22. The van der Waals surface area contributed by atoms with E-state index in [2.05, 4.69) is 49.3 Å². The lowest BCUT2D eigenvalue weighted by atomic mass is 9.68. The molecule has 2 saturated carbocycles. The molecule has 0 spiro atoms. The van der Waals surface area contributed by atoms with Gasteiger partial charge in [-0.05, 0) is 63.0 Å². The van der Waals surface area contributed by atoms with Crippen LogP contribution in [0.1, 0.15) is 44.6 Å². The number of carbonyl (C=O) groups excluding carboxylic acids is 1. The molecule has 0 saturated heterocycles. The van der Waals surface area contributed by atoms with Crippen LogP contribution in [0, 0.1) is 11.3 Å². The van der Waals surface area contributed by atoms with Gasteiger partial charge >= 0.3 is 0 Å². The molecule has 0 heterocycles. The average Bonchev–Trinajstić information content (AvgIpc) is 3.02. The molecular weight excluding hydrogens is 298 g/mol. The molecule has 0 aromatic heterocycles. The number of benzene rings is 1. The fourth-order valence-electron chi connectivity index (χ4n) is 5.59. The molecule has 2 fully saturated rings. The third kappa shape index (κ3) is 1.91. The Kier molecular flexibility index (Phi) is 3.61. The van der Waals surface area contributed by atoms with E-state index in [0.717, 1.165) is 12.2 Å². The number of allylic oxidation sites excluding steroid dienone is 1. The second-order valence-corrected chi connectivity index (χ2v) is 7.77. The van der Waals surface area contributed by atoms with Crippen LogP contribution in [0.5, 0.6) is 5.75 Å². The first kappa shape index (κ1) is 15.9. The Hall–Kier alpha value is -1.61. The number of likely N-dealkylation sites (N-methyl/N-ethyl adjacent to an activating group) is 1. The van der Waals surface area contributed by atoms with E-state index in [1.807, 2.05) is 6.92 Å². The molecule has 1 aromatic rings. The maximum atomic E-state index is 12.9.